The van der Waals surface area contributed by atoms with Crippen LogP contribution < -0.4 is 10.6 Å². The lowest BCUT2D eigenvalue weighted by molar-refractivity contribution is -0.141. The zero-order valence-electron chi connectivity index (χ0n) is 19.3. The Balaban J connectivity index is 2.98. The minimum Gasteiger partial charge on any atom is -0.464 e. The molecule has 0 aromatic rings. The summed E-state index contributed by atoms with van der Waals surface area (Å²) in [5, 5.41) is 5.22. The second kappa shape index (κ2) is 10.4. The van der Waals surface area contributed by atoms with Crippen LogP contribution in [-0.2, 0) is 23.9 Å². The molecule has 1 aliphatic rings. The monoisotopic (exact) mass is 425 g/mol. The molecular formula is C21H35N3O6. The molecule has 1 fully saturated rings. The average Bonchev–Trinajstić information content (AvgIpc) is 3.10. The van der Waals surface area contributed by atoms with Crippen LogP contribution in [-0.4, -0.2) is 60.1 Å². The molecule has 170 valence electrons. The van der Waals surface area contributed by atoms with Crippen LogP contribution >= 0.6 is 0 Å². The smallest absolute Gasteiger partial charge is 0.408 e. The molecule has 1 aliphatic heterocycles. The predicted molar refractivity (Wildman–Crippen MR) is 111 cm³/mol. The Labute approximate surface area is 178 Å². The molecule has 3 amide bonds. The molecule has 2 atom stereocenters. The molecule has 0 bridgehead atoms. The fourth-order valence-corrected chi connectivity index (χ4v) is 3.12. The van der Waals surface area contributed by atoms with Crippen LogP contribution in [0.1, 0.15) is 61.3 Å². The number of allylic oxidation sites excluding steroid dienone is 1. The summed E-state index contributed by atoms with van der Waals surface area (Å²) < 4.78 is 9.98. The Morgan fingerprint density at radius 1 is 1.10 bits per heavy atom. The number of esters is 1. The number of hydrogen-bond acceptors (Lipinski definition) is 6. The number of carbonyl (C=O) groups is 4. The highest BCUT2D eigenvalue weighted by molar-refractivity contribution is 5.98. The predicted octanol–water partition coefficient (Wildman–Crippen LogP) is 2.11. The van der Waals surface area contributed by atoms with Crippen molar-refractivity contribution < 1.29 is 28.7 Å². The zero-order chi connectivity index (χ0) is 23.2. The maximum absolute atomic E-state index is 13.2. The number of nitrogens with one attached hydrogen (secondary N) is 2. The van der Waals surface area contributed by atoms with Crippen molar-refractivity contribution in [2.24, 2.45) is 5.92 Å². The Bertz CT molecular complexity index is 704. The fraction of sp³-hybridized carbons (Fsp3) is 0.714. The molecule has 0 aromatic heterocycles. The lowest BCUT2D eigenvalue weighted by Gasteiger charge is -2.31. The first-order valence-corrected chi connectivity index (χ1v) is 10.1. The number of ether oxygens (including phenoxy) is 2. The van der Waals surface area contributed by atoms with Gasteiger partial charge in [0.2, 0.25) is 11.8 Å². The van der Waals surface area contributed by atoms with Gasteiger partial charge in [0.15, 0.2) is 0 Å². The molecule has 1 rings (SSSR count). The molecule has 9 heteroatoms. The van der Waals surface area contributed by atoms with Crippen LogP contribution in [0.25, 0.3) is 0 Å². The quantitative estimate of drug-likeness (QED) is 0.498. The van der Waals surface area contributed by atoms with E-state index in [0.717, 1.165) is 0 Å². The number of methoxy groups -OCH3 is 1. The molecule has 0 aliphatic carbocycles. The molecule has 0 aromatic carbocycles. The van der Waals surface area contributed by atoms with Crippen molar-refractivity contribution in [1.82, 2.24) is 15.5 Å². The minimum atomic E-state index is -0.836. The van der Waals surface area contributed by atoms with E-state index in [9.17, 15) is 19.2 Å². The highest BCUT2D eigenvalue weighted by Crippen LogP contribution is 2.21. The van der Waals surface area contributed by atoms with E-state index in [-0.39, 0.29) is 17.5 Å². The number of hydrogen-bond donors (Lipinski definition) is 2. The summed E-state index contributed by atoms with van der Waals surface area (Å²) in [5.41, 5.74) is -0.0360. The van der Waals surface area contributed by atoms with Gasteiger partial charge in [0, 0.05) is 6.54 Å². The van der Waals surface area contributed by atoms with Gasteiger partial charge < -0.3 is 25.0 Å². The van der Waals surface area contributed by atoms with Crippen molar-refractivity contribution in [2.75, 3.05) is 13.7 Å². The van der Waals surface area contributed by atoms with E-state index >= 15 is 0 Å². The normalized spacial score (nSPS) is 17.2. The molecule has 0 spiro atoms. The molecule has 0 radical (unpaired) electrons. The van der Waals surface area contributed by atoms with E-state index in [1.807, 2.05) is 13.8 Å². The first-order valence-electron chi connectivity index (χ1n) is 10.1. The van der Waals surface area contributed by atoms with E-state index in [1.54, 1.807) is 34.6 Å². The van der Waals surface area contributed by atoms with Gasteiger partial charge in [0.25, 0.3) is 0 Å². The van der Waals surface area contributed by atoms with Crippen molar-refractivity contribution in [2.45, 2.75) is 79.0 Å². The van der Waals surface area contributed by atoms with Gasteiger partial charge in [-0.1, -0.05) is 13.8 Å². The fourth-order valence-electron chi connectivity index (χ4n) is 3.12. The molecule has 9 nitrogen and oxygen atoms in total. The summed E-state index contributed by atoms with van der Waals surface area (Å²) in [7, 11) is 1.23. The van der Waals surface area contributed by atoms with Crippen molar-refractivity contribution in [3.63, 3.8) is 0 Å². The standard InChI is InChI=1S/C21H35N3O6/c1-12(2)15(23-20(28)30-21(5,6)7)18(26)24-11-9-10-14(24)17(25)22-16(13(3)4)19(27)29-8/h12,14-15H,9-11H2,1-8H3,(H,22,25)(H,23,28)/t14-,15-/m0/s1. The van der Waals surface area contributed by atoms with Crippen LogP contribution in [0.3, 0.4) is 0 Å². The molecule has 0 unspecified atom stereocenters. The third-order valence-corrected chi connectivity index (χ3v) is 4.58. The lowest BCUT2D eigenvalue weighted by Crippen LogP contribution is -2.55. The highest BCUT2D eigenvalue weighted by atomic mass is 16.6. The van der Waals surface area contributed by atoms with Crippen molar-refractivity contribution >= 4 is 23.9 Å². The average molecular weight is 426 g/mol. The molecule has 0 saturated carbocycles. The summed E-state index contributed by atoms with van der Waals surface area (Å²) in [6, 6.07) is -1.57. The van der Waals surface area contributed by atoms with E-state index < -0.39 is 35.7 Å². The highest BCUT2D eigenvalue weighted by Gasteiger charge is 2.39. The first kappa shape index (κ1) is 25.5. The van der Waals surface area contributed by atoms with Gasteiger partial charge in [-0.15, -0.1) is 0 Å². The summed E-state index contributed by atoms with van der Waals surface area (Å²) in [4.78, 5) is 51.6. The van der Waals surface area contributed by atoms with E-state index in [0.29, 0.717) is 25.0 Å². The van der Waals surface area contributed by atoms with E-state index in [4.69, 9.17) is 9.47 Å². The maximum atomic E-state index is 13.2. The molecule has 2 N–H and O–H groups in total. The van der Waals surface area contributed by atoms with Crippen LogP contribution in [0.2, 0.25) is 0 Å². The van der Waals surface area contributed by atoms with Crippen molar-refractivity contribution in [1.29, 1.82) is 0 Å². The second-order valence-electron chi connectivity index (χ2n) is 8.91. The SMILES string of the molecule is COC(=O)C(NC(=O)[C@@H]1CCCN1C(=O)[C@@H](NC(=O)OC(C)(C)C)C(C)C)=C(C)C. The number of carbonyl (C=O) groups excluding carboxylic acids is 4. The number of rotatable bonds is 6. The number of alkyl carbamates (subject to hydrolysis) is 1. The summed E-state index contributed by atoms with van der Waals surface area (Å²) in [6.07, 6.45) is 0.419. The summed E-state index contributed by atoms with van der Waals surface area (Å²) in [6.45, 7) is 12.6. The Morgan fingerprint density at radius 2 is 1.70 bits per heavy atom. The van der Waals surface area contributed by atoms with Gasteiger partial charge in [-0.3, -0.25) is 9.59 Å². The molecule has 30 heavy (non-hydrogen) atoms. The third kappa shape index (κ3) is 7.03. The Hall–Kier alpha value is -2.58. The maximum Gasteiger partial charge on any atom is 0.408 e. The van der Waals surface area contributed by atoms with E-state index in [2.05, 4.69) is 10.6 Å². The Morgan fingerprint density at radius 3 is 2.17 bits per heavy atom. The second-order valence-corrected chi connectivity index (χ2v) is 8.91. The van der Waals surface area contributed by atoms with Crippen LogP contribution in [0.5, 0.6) is 0 Å². The molecular weight excluding hydrogens is 390 g/mol. The van der Waals surface area contributed by atoms with E-state index in [1.165, 1.54) is 12.0 Å². The first-order chi connectivity index (χ1) is 13.8. The Kier molecular flexibility index (Phi) is 8.87. The van der Waals surface area contributed by atoms with Crippen LogP contribution in [0.4, 0.5) is 4.79 Å². The summed E-state index contributed by atoms with van der Waals surface area (Å²) in [5.74, 6) is -1.67. The van der Waals surface area contributed by atoms with Gasteiger partial charge in [-0.2, -0.15) is 0 Å². The van der Waals surface area contributed by atoms with Crippen LogP contribution in [0, 0.1) is 5.92 Å². The topological polar surface area (TPSA) is 114 Å². The zero-order valence-corrected chi connectivity index (χ0v) is 19.3. The van der Waals surface area contributed by atoms with Gasteiger partial charge in [-0.05, 0) is 59.0 Å². The third-order valence-electron chi connectivity index (χ3n) is 4.58. The van der Waals surface area contributed by atoms with Gasteiger partial charge in [0.1, 0.15) is 23.4 Å². The lowest BCUT2D eigenvalue weighted by atomic mass is 10.0. The molecule has 1 saturated heterocycles. The van der Waals surface area contributed by atoms with Gasteiger partial charge >= 0.3 is 12.1 Å². The summed E-state index contributed by atoms with van der Waals surface area (Å²) >= 11 is 0. The van der Waals surface area contributed by atoms with Crippen molar-refractivity contribution in [3.8, 4) is 0 Å². The molecule has 1 heterocycles. The number of amides is 3. The number of nitrogens with zero attached hydrogens (tertiary/aromatic N) is 1. The van der Waals surface area contributed by atoms with Gasteiger partial charge in [-0.25, -0.2) is 9.59 Å². The number of likely N-dealkylation sites (tertiary alicyclic amines) is 1. The minimum absolute atomic E-state index is 0.0640. The van der Waals surface area contributed by atoms with Gasteiger partial charge in [0.05, 0.1) is 7.11 Å². The largest absolute Gasteiger partial charge is 0.464 e. The van der Waals surface area contributed by atoms with Crippen LogP contribution in [0.15, 0.2) is 11.3 Å². The van der Waals surface area contributed by atoms with Crippen molar-refractivity contribution in [3.05, 3.63) is 11.3 Å².